The van der Waals surface area contributed by atoms with E-state index in [1.807, 2.05) is 0 Å². The molecule has 0 aromatic carbocycles. The topological polar surface area (TPSA) is 50.4 Å². The first-order valence-corrected chi connectivity index (χ1v) is 4.54. The van der Waals surface area contributed by atoms with Crippen LogP contribution in [0.2, 0.25) is 0 Å². The molecule has 0 radical (unpaired) electrons. The molecule has 3 N–H and O–H groups in total. The minimum atomic E-state index is -2.68. The van der Waals surface area contributed by atoms with Gasteiger partial charge in [0, 0.05) is 32.8 Å². The van der Waals surface area contributed by atoms with Crippen LogP contribution < -0.4 is 11.1 Å². The lowest BCUT2D eigenvalue weighted by Crippen LogP contribution is -2.45. The largest absolute Gasteiger partial charge is 0.404 e. The maximum atomic E-state index is 13.4. The maximum Gasteiger partial charge on any atom is 0.257 e. The Hall–Kier alpha value is -0.970. The molecule has 0 aromatic heterocycles. The molecule has 1 aliphatic rings. The predicted molar refractivity (Wildman–Crippen MR) is 52.6 cm³/mol. The zero-order chi connectivity index (χ0) is 10.6. The molecule has 1 rings (SSSR count). The fraction of sp³-hybridized carbons (Fsp3) is 0.667. The Morgan fingerprint density at radius 3 is 2.86 bits per heavy atom. The number of rotatable bonds is 2. The van der Waals surface area contributed by atoms with Crippen molar-refractivity contribution in [3.63, 3.8) is 0 Å². The minimum Gasteiger partial charge on any atom is -0.404 e. The molecule has 1 aliphatic heterocycles. The van der Waals surface area contributed by atoms with E-state index < -0.39 is 11.8 Å². The molecular weight excluding hydrogens is 188 g/mol. The molecule has 80 valence electrons. The molecule has 0 aliphatic carbocycles. The molecule has 0 aromatic rings. The third kappa shape index (κ3) is 2.29. The van der Waals surface area contributed by atoms with Crippen LogP contribution in [-0.4, -0.2) is 32.3 Å². The van der Waals surface area contributed by atoms with E-state index in [0.717, 1.165) is 0 Å². The Morgan fingerprint density at radius 1 is 1.64 bits per heavy atom. The monoisotopic (exact) mass is 203 g/mol. The van der Waals surface area contributed by atoms with Gasteiger partial charge in [0.25, 0.3) is 5.92 Å². The molecule has 5 heteroatoms. The summed E-state index contributed by atoms with van der Waals surface area (Å²) < 4.78 is 26.9. The van der Waals surface area contributed by atoms with Crippen LogP contribution in [0.1, 0.15) is 6.42 Å². The summed E-state index contributed by atoms with van der Waals surface area (Å²) in [5, 5.41) is 2.93. The molecule has 0 bridgehead atoms. The quantitative estimate of drug-likeness (QED) is 0.651. The van der Waals surface area contributed by atoms with Gasteiger partial charge in [-0.25, -0.2) is 8.78 Å². The second-order valence-corrected chi connectivity index (χ2v) is 3.32. The standard InChI is InChI=1S/C9H15F2N3/c1-13-5-7(4-12)8-6-14-3-2-9(8,10)11/h4-5,8,14H,2-3,6,12H2,1H3. The number of nitrogens with one attached hydrogen (secondary N) is 1. The second-order valence-electron chi connectivity index (χ2n) is 3.32. The first kappa shape index (κ1) is 11.1. The average molecular weight is 203 g/mol. The minimum absolute atomic E-state index is 0.146. The van der Waals surface area contributed by atoms with Crippen molar-refractivity contribution in [2.75, 3.05) is 20.1 Å². The zero-order valence-electron chi connectivity index (χ0n) is 8.13. The molecule has 1 fully saturated rings. The number of halogens is 2. The number of nitrogens with two attached hydrogens (primary N) is 1. The highest BCUT2D eigenvalue weighted by Gasteiger charge is 2.42. The van der Waals surface area contributed by atoms with E-state index in [1.165, 1.54) is 19.5 Å². The van der Waals surface area contributed by atoms with Gasteiger partial charge in [0.2, 0.25) is 0 Å². The van der Waals surface area contributed by atoms with Crippen molar-refractivity contribution in [1.82, 2.24) is 5.32 Å². The molecule has 0 saturated carbocycles. The van der Waals surface area contributed by atoms with Crippen molar-refractivity contribution in [3.05, 3.63) is 11.8 Å². The molecule has 1 atom stereocenters. The lowest BCUT2D eigenvalue weighted by atomic mass is 9.88. The lowest BCUT2D eigenvalue weighted by Gasteiger charge is -2.32. The van der Waals surface area contributed by atoms with Crippen LogP contribution in [0.3, 0.4) is 0 Å². The third-order valence-electron chi connectivity index (χ3n) is 2.37. The Bertz CT molecular complexity index is 248. The smallest absolute Gasteiger partial charge is 0.257 e. The first-order valence-electron chi connectivity index (χ1n) is 4.54. The van der Waals surface area contributed by atoms with E-state index in [-0.39, 0.29) is 13.0 Å². The zero-order valence-corrected chi connectivity index (χ0v) is 8.13. The van der Waals surface area contributed by atoms with Gasteiger partial charge in [-0.05, 0) is 11.8 Å². The van der Waals surface area contributed by atoms with Crippen molar-refractivity contribution in [2.24, 2.45) is 16.6 Å². The summed E-state index contributed by atoms with van der Waals surface area (Å²) in [7, 11) is 1.54. The van der Waals surface area contributed by atoms with E-state index in [4.69, 9.17) is 5.73 Å². The van der Waals surface area contributed by atoms with Gasteiger partial charge in [-0.2, -0.15) is 0 Å². The van der Waals surface area contributed by atoms with Crippen molar-refractivity contribution >= 4 is 6.21 Å². The summed E-state index contributed by atoms with van der Waals surface area (Å²) >= 11 is 0. The van der Waals surface area contributed by atoms with Gasteiger partial charge < -0.3 is 11.1 Å². The maximum absolute atomic E-state index is 13.4. The third-order valence-corrected chi connectivity index (χ3v) is 2.37. The van der Waals surface area contributed by atoms with Crippen LogP contribution in [0.15, 0.2) is 16.8 Å². The van der Waals surface area contributed by atoms with Crippen LogP contribution in [-0.2, 0) is 0 Å². The average Bonchev–Trinajstić information content (AvgIpc) is 2.14. The highest BCUT2D eigenvalue weighted by Crippen LogP contribution is 2.34. The molecular formula is C9H15F2N3. The molecule has 0 amide bonds. The number of hydrogen-bond acceptors (Lipinski definition) is 3. The van der Waals surface area contributed by atoms with Crippen LogP contribution in [0.5, 0.6) is 0 Å². The van der Waals surface area contributed by atoms with Crippen LogP contribution in [0, 0.1) is 5.92 Å². The SMILES string of the molecule is CN=CC(=CN)C1CNCCC1(F)F. The van der Waals surface area contributed by atoms with Crippen molar-refractivity contribution in [1.29, 1.82) is 0 Å². The van der Waals surface area contributed by atoms with Gasteiger partial charge in [0.1, 0.15) is 0 Å². The van der Waals surface area contributed by atoms with Crippen molar-refractivity contribution < 1.29 is 8.78 Å². The van der Waals surface area contributed by atoms with Crippen LogP contribution in [0.25, 0.3) is 0 Å². The molecule has 1 saturated heterocycles. The van der Waals surface area contributed by atoms with Crippen LogP contribution >= 0.6 is 0 Å². The highest BCUT2D eigenvalue weighted by atomic mass is 19.3. The van der Waals surface area contributed by atoms with Gasteiger partial charge in [0.05, 0.1) is 5.92 Å². The van der Waals surface area contributed by atoms with Gasteiger partial charge in [-0.3, -0.25) is 4.99 Å². The summed E-state index contributed by atoms with van der Waals surface area (Å²) in [4.78, 5) is 3.71. The van der Waals surface area contributed by atoms with Gasteiger partial charge in [0.15, 0.2) is 0 Å². The van der Waals surface area contributed by atoms with Gasteiger partial charge in [-0.1, -0.05) is 0 Å². The Kier molecular flexibility index (Phi) is 3.57. The Labute approximate surface area is 82.1 Å². The number of alkyl halides is 2. The summed E-state index contributed by atoms with van der Waals surface area (Å²) in [6, 6.07) is 0. The van der Waals surface area contributed by atoms with Crippen molar-refractivity contribution in [2.45, 2.75) is 12.3 Å². The summed E-state index contributed by atoms with van der Waals surface area (Å²) in [5.41, 5.74) is 5.69. The number of nitrogens with zero attached hydrogens (tertiary/aromatic N) is 1. The fourth-order valence-corrected chi connectivity index (χ4v) is 1.58. The van der Waals surface area contributed by atoms with Gasteiger partial charge >= 0.3 is 0 Å². The number of piperidine rings is 1. The molecule has 14 heavy (non-hydrogen) atoms. The van der Waals surface area contributed by atoms with E-state index in [0.29, 0.717) is 12.1 Å². The summed E-state index contributed by atoms with van der Waals surface area (Å²) in [6.07, 6.45) is 2.46. The summed E-state index contributed by atoms with van der Waals surface area (Å²) in [5.74, 6) is -3.54. The predicted octanol–water partition coefficient (Wildman–Crippen LogP) is 0.774. The molecule has 0 spiro atoms. The molecule has 3 nitrogen and oxygen atoms in total. The second kappa shape index (κ2) is 4.50. The summed E-state index contributed by atoms with van der Waals surface area (Å²) in [6.45, 7) is 0.604. The van der Waals surface area contributed by atoms with Crippen molar-refractivity contribution in [3.8, 4) is 0 Å². The van der Waals surface area contributed by atoms with Crippen LogP contribution in [0.4, 0.5) is 8.78 Å². The molecule has 1 heterocycles. The Morgan fingerprint density at radius 2 is 2.36 bits per heavy atom. The molecule has 1 unspecified atom stereocenters. The van der Waals surface area contributed by atoms with E-state index >= 15 is 0 Å². The fourth-order valence-electron chi connectivity index (χ4n) is 1.58. The normalized spacial score (nSPS) is 28.2. The highest BCUT2D eigenvalue weighted by molar-refractivity contribution is 5.79. The first-order chi connectivity index (χ1) is 6.61. The van der Waals surface area contributed by atoms with Gasteiger partial charge in [-0.15, -0.1) is 0 Å². The Balaban J connectivity index is 2.82. The number of aliphatic imine (C=N–C) groups is 1. The van der Waals surface area contributed by atoms with E-state index in [9.17, 15) is 8.78 Å². The lowest BCUT2D eigenvalue weighted by molar-refractivity contribution is -0.0623. The number of hydrogen-bond donors (Lipinski definition) is 2. The van der Waals surface area contributed by atoms with E-state index in [1.54, 1.807) is 0 Å². The van der Waals surface area contributed by atoms with E-state index in [2.05, 4.69) is 10.3 Å².